The van der Waals surface area contributed by atoms with Crippen molar-refractivity contribution in [1.82, 2.24) is 3.97 Å². The molecule has 5 nitrogen and oxygen atoms in total. The molecule has 0 radical (unpaired) electrons. The Bertz CT molecular complexity index is 2080. The molecule has 216 valence electrons. The van der Waals surface area contributed by atoms with Crippen molar-refractivity contribution in [1.29, 1.82) is 5.26 Å². The van der Waals surface area contributed by atoms with Crippen LogP contribution in [0.1, 0.15) is 21.5 Å². The summed E-state index contributed by atoms with van der Waals surface area (Å²) in [4.78, 5) is 13.2. The third kappa shape index (κ3) is 5.33. The van der Waals surface area contributed by atoms with Crippen molar-refractivity contribution in [3.05, 3.63) is 131 Å². The van der Waals surface area contributed by atoms with Gasteiger partial charge in [-0.05, 0) is 66.9 Å². The van der Waals surface area contributed by atoms with E-state index in [0.717, 1.165) is 49.3 Å². The lowest BCUT2D eigenvalue weighted by Crippen LogP contribution is -2.01. The molecular formula is C37H27ClN2O3S. The minimum atomic E-state index is -0.443. The van der Waals surface area contributed by atoms with Gasteiger partial charge in [0.25, 0.3) is 0 Å². The molecule has 0 saturated heterocycles. The van der Waals surface area contributed by atoms with Gasteiger partial charge in [-0.15, -0.1) is 0 Å². The van der Waals surface area contributed by atoms with Crippen molar-refractivity contribution in [3.63, 3.8) is 0 Å². The number of fused-ring (bicyclic) bond motifs is 1. The van der Waals surface area contributed by atoms with Crippen LogP contribution in [0.2, 0.25) is 5.02 Å². The zero-order valence-electron chi connectivity index (χ0n) is 24.3. The summed E-state index contributed by atoms with van der Waals surface area (Å²) in [6.45, 7) is 2.07. The van der Waals surface area contributed by atoms with Gasteiger partial charge in [-0.25, -0.2) is 4.79 Å². The Kier molecular flexibility index (Phi) is 8.17. The lowest BCUT2D eigenvalue weighted by Gasteiger charge is -2.15. The first-order valence-electron chi connectivity index (χ1n) is 13.9. The topological polar surface area (TPSA) is 64.2 Å². The number of aryl methyl sites for hydroxylation is 1. The van der Waals surface area contributed by atoms with E-state index in [1.165, 1.54) is 12.7 Å². The molecule has 1 aromatic heterocycles. The predicted octanol–water partition coefficient (Wildman–Crippen LogP) is 9.83. The summed E-state index contributed by atoms with van der Waals surface area (Å²) in [7, 11) is 2.93. The molecule has 0 aliphatic heterocycles. The van der Waals surface area contributed by atoms with Gasteiger partial charge in [0.15, 0.2) is 0 Å². The van der Waals surface area contributed by atoms with E-state index >= 15 is 0 Å². The second-order valence-electron chi connectivity index (χ2n) is 10.2. The van der Waals surface area contributed by atoms with Gasteiger partial charge >= 0.3 is 5.97 Å². The SMILES string of the molecule is COC(=O)c1ccc(-c2cccc(-c3c(-c4cccc(OC)c4C#N)c4ccccc4n3Sc3ccc(C)cc3)c2)c(Cl)c1. The molecule has 0 aliphatic carbocycles. The van der Waals surface area contributed by atoms with E-state index < -0.39 is 5.97 Å². The normalized spacial score (nSPS) is 10.9. The number of nitrogens with zero attached hydrogens (tertiary/aromatic N) is 2. The Hall–Kier alpha value is -4.96. The fraction of sp³-hybridized carbons (Fsp3) is 0.0811. The van der Waals surface area contributed by atoms with E-state index in [-0.39, 0.29) is 0 Å². The van der Waals surface area contributed by atoms with Crippen LogP contribution in [0.4, 0.5) is 0 Å². The molecule has 0 spiro atoms. The number of carbonyl (C=O) groups excluding carboxylic acids is 1. The van der Waals surface area contributed by atoms with Crippen LogP contribution >= 0.6 is 23.5 Å². The van der Waals surface area contributed by atoms with E-state index in [2.05, 4.69) is 65.5 Å². The number of halogens is 1. The lowest BCUT2D eigenvalue weighted by molar-refractivity contribution is 0.0600. The summed E-state index contributed by atoms with van der Waals surface area (Å²) in [5.41, 5.74) is 8.32. The maximum Gasteiger partial charge on any atom is 0.337 e. The summed E-state index contributed by atoms with van der Waals surface area (Å²) in [6, 6.07) is 38.1. The Morgan fingerprint density at radius 1 is 0.841 bits per heavy atom. The molecule has 6 aromatic rings. The van der Waals surface area contributed by atoms with Crippen molar-refractivity contribution in [2.45, 2.75) is 11.8 Å². The van der Waals surface area contributed by atoms with Crippen LogP contribution in [0.25, 0.3) is 44.4 Å². The molecule has 0 saturated carbocycles. The van der Waals surface area contributed by atoms with Crippen LogP contribution in [-0.4, -0.2) is 24.2 Å². The Morgan fingerprint density at radius 2 is 1.59 bits per heavy atom. The quantitative estimate of drug-likeness (QED) is 0.167. The van der Waals surface area contributed by atoms with Gasteiger partial charge in [-0.2, -0.15) is 5.26 Å². The maximum atomic E-state index is 12.1. The number of rotatable bonds is 7. The highest BCUT2D eigenvalue weighted by molar-refractivity contribution is 7.98. The van der Waals surface area contributed by atoms with Gasteiger partial charge in [-0.3, -0.25) is 3.97 Å². The highest BCUT2D eigenvalue weighted by atomic mass is 35.5. The minimum Gasteiger partial charge on any atom is -0.495 e. The number of carbonyl (C=O) groups is 1. The average molecular weight is 615 g/mol. The van der Waals surface area contributed by atoms with E-state index in [1.807, 2.05) is 48.5 Å². The van der Waals surface area contributed by atoms with Crippen LogP contribution in [0.5, 0.6) is 5.75 Å². The summed E-state index contributed by atoms with van der Waals surface area (Å²) >= 11 is 8.34. The van der Waals surface area contributed by atoms with Gasteiger partial charge in [0.2, 0.25) is 0 Å². The third-order valence-corrected chi connectivity index (χ3v) is 8.87. The number of aromatic nitrogens is 1. The van der Waals surface area contributed by atoms with Gasteiger partial charge in [0.05, 0.1) is 31.0 Å². The van der Waals surface area contributed by atoms with E-state index in [1.54, 1.807) is 31.2 Å². The standard InChI is InChI=1S/C37H27ClN2O3S/c1-23-14-17-27(18-15-23)44-40-33-12-5-4-10-30(33)35(29-11-7-13-34(42-2)31(29)22-39)36(40)25-9-6-8-24(20-25)28-19-16-26(21-32(28)38)37(41)43-3/h4-21H,1-3H3. The number of para-hydroxylation sites is 1. The number of hydrogen-bond donors (Lipinski definition) is 0. The number of nitriles is 1. The lowest BCUT2D eigenvalue weighted by atomic mass is 9.93. The second kappa shape index (κ2) is 12.3. The maximum absolute atomic E-state index is 12.1. The zero-order valence-corrected chi connectivity index (χ0v) is 25.9. The van der Waals surface area contributed by atoms with Gasteiger partial charge in [-0.1, -0.05) is 83.9 Å². The predicted molar refractivity (Wildman–Crippen MR) is 178 cm³/mol. The summed E-state index contributed by atoms with van der Waals surface area (Å²) in [5, 5.41) is 11.8. The van der Waals surface area contributed by atoms with E-state index in [0.29, 0.717) is 21.9 Å². The number of hydrogen-bond acceptors (Lipinski definition) is 5. The van der Waals surface area contributed by atoms with Crippen LogP contribution in [0.3, 0.4) is 0 Å². The van der Waals surface area contributed by atoms with Crippen LogP contribution in [0.15, 0.2) is 114 Å². The first kappa shape index (κ1) is 29.1. The number of esters is 1. The zero-order chi connectivity index (χ0) is 30.8. The monoisotopic (exact) mass is 614 g/mol. The van der Waals surface area contributed by atoms with Gasteiger partial charge in [0, 0.05) is 37.6 Å². The largest absolute Gasteiger partial charge is 0.495 e. The van der Waals surface area contributed by atoms with Crippen molar-refractivity contribution in [2.75, 3.05) is 14.2 Å². The highest BCUT2D eigenvalue weighted by Gasteiger charge is 2.24. The minimum absolute atomic E-state index is 0.386. The van der Waals surface area contributed by atoms with E-state index in [4.69, 9.17) is 21.1 Å². The fourth-order valence-corrected chi connectivity index (χ4v) is 6.70. The Morgan fingerprint density at radius 3 is 2.32 bits per heavy atom. The molecule has 0 N–H and O–H groups in total. The molecule has 0 unspecified atom stereocenters. The Balaban J connectivity index is 1.64. The average Bonchev–Trinajstić information content (AvgIpc) is 3.38. The van der Waals surface area contributed by atoms with E-state index in [9.17, 15) is 10.1 Å². The van der Waals surface area contributed by atoms with Crippen LogP contribution in [-0.2, 0) is 4.74 Å². The van der Waals surface area contributed by atoms with Crippen LogP contribution < -0.4 is 4.74 Å². The number of methoxy groups -OCH3 is 2. The molecule has 5 aromatic carbocycles. The molecule has 0 fully saturated rings. The Labute approximate surface area is 265 Å². The molecule has 0 atom stereocenters. The van der Waals surface area contributed by atoms with Crippen molar-refractivity contribution >= 4 is 40.4 Å². The molecule has 1 heterocycles. The molecule has 44 heavy (non-hydrogen) atoms. The fourth-order valence-electron chi connectivity index (χ4n) is 5.40. The first-order chi connectivity index (χ1) is 21.4. The first-order valence-corrected chi connectivity index (χ1v) is 15.0. The molecular weight excluding hydrogens is 588 g/mol. The van der Waals surface area contributed by atoms with Crippen molar-refractivity contribution in [3.8, 4) is 45.3 Å². The second-order valence-corrected chi connectivity index (χ2v) is 11.6. The van der Waals surface area contributed by atoms with Gasteiger partial charge in [0.1, 0.15) is 17.4 Å². The van der Waals surface area contributed by atoms with Crippen molar-refractivity contribution in [2.24, 2.45) is 0 Å². The molecule has 0 amide bonds. The molecule has 7 heteroatoms. The smallest absolute Gasteiger partial charge is 0.337 e. The number of ether oxygens (including phenoxy) is 2. The highest BCUT2D eigenvalue weighted by Crippen LogP contribution is 2.47. The molecule has 0 bridgehead atoms. The molecule has 6 rings (SSSR count). The summed E-state index contributed by atoms with van der Waals surface area (Å²) in [6.07, 6.45) is 0. The number of benzene rings is 5. The van der Waals surface area contributed by atoms with Crippen molar-refractivity contribution < 1.29 is 14.3 Å². The van der Waals surface area contributed by atoms with Gasteiger partial charge < -0.3 is 9.47 Å². The third-order valence-electron chi connectivity index (χ3n) is 7.51. The summed E-state index contributed by atoms with van der Waals surface area (Å²) < 4.78 is 12.7. The molecule has 0 aliphatic rings. The summed E-state index contributed by atoms with van der Waals surface area (Å²) in [5.74, 6) is 0.0753. The van der Waals surface area contributed by atoms with Crippen LogP contribution in [0, 0.1) is 18.3 Å².